The molecule has 0 spiro atoms. The zero-order chi connectivity index (χ0) is 15.0. The highest BCUT2D eigenvalue weighted by atomic mass is 32.2. The van der Waals surface area contributed by atoms with E-state index in [1.54, 1.807) is 20.8 Å². The molecule has 0 aliphatic heterocycles. The molecule has 0 saturated carbocycles. The van der Waals surface area contributed by atoms with Gasteiger partial charge in [0.1, 0.15) is 11.6 Å². The van der Waals surface area contributed by atoms with Crippen LogP contribution in [0.3, 0.4) is 0 Å². The third-order valence-electron chi connectivity index (χ3n) is 2.93. The van der Waals surface area contributed by atoms with Crippen LogP contribution in [0.5, 0.6) is 5.88 Å². The van der Waals surface area contributed by atoms with E-state index in [4.69, 9.17) is 0 Å². The van der Waals surface area contributed by atoms with Gasteiger partial charge in [-0.05, 0) is 20.8 Å². The summed E-state index contributed by atoms with van der Waals surface area (Å²) in [7, 11) is -3.28. The van der Waals surface area contributed by atoms with Crippen molar-refractivity contribution in [3.8, 4) is 5.88 Å². The Labute approximate surface area is 115 Å². The quantitative estimate of drug-likeness (QED) is 0.920. The predicted molar refractivity (Wildman–Crippen MR) is 74.9 cm³/mol. The van der Waals surface area contributed by atoms with Crippen LogP contribution in [0, 0.1) is 6.92 Å². The van der Waals surface area contributed by atoms with Crippen molar-refractivity contribution in [2.45, 2.75) is 58.0 Å². The summed E-state index contributed by atoms with van der Waals surface area (Å²) in [4.78, 5) is 8.20. The molecule has 19 heavy (non-hydrogen) atoms. The van der Waals surface area contributed by atoms with Gasteiger partial charge in [0.25, 0.3) is 0 Å². The van der Waals surface area contributed by atoms with Gasteiger partial charge in [-0.25, -0.2) is 13.4 Å². The topological polar surface area (TPSA) is 80.2 Å². The predicted octanol–water partition coefficient (Wildman–Crippen LogP) is 2.11. The largest absolute Gasteiger partial charge is 0.493 e. The lowest BCUT2D eigenvalue weighted by molar-refractivity contribution is 0.436. The van der Waals surface area contributed by atoms with Gasteiger partial charge in [-0.3, -0.25) is 0 Å². The monoisotopic (exact) mass is 286 g/mol. The van der Waals surface area contributed by atoms with Crippen molar-refractivity contribution in [3.05, 3.63) is 17.1 Å². The molecule has 1 heterocycles. The molecule has 0 aliphatic carbocycles. The Morgan fingerprint density at radius 1 is 1.21 bits per heavy atom. The second-order valence-corrected chi connectivity index (χ2v) is 8.60. The van der Waals surface area contributed by atoms with Gasteiger partial charge in [0.2, 0.25) is 5.88 Å². The fourth-order valence-corrected chi connectivity index (χ4v) is 2.51. The smallest absolute Gasteiger partial charge is 0.217 e. The van der Waals surface area contributed by atoms with Gasteiger partial charge < -0.3 is 5.11 Å². The molecule has 0 radical (unpaired) electrons. The first-order valence-corrected chi connectivity index (χ1v) is 7.95. The minimum Gasteiger partial charge on any atom is -0.493 e. The van der Waals surface area contributed by atoms with Gasteiger partial charge in [0.15, 0.2) is 9.84 Å². The van der Waals surface area contributed by atoms with Crippen molar-refractivity contribution in [2.75, 3.05) is 0 Å². The van der Waals surface area contributed by atoms with Crippen LogP contribution in [-0.4, -0.2) is 28.7 Å². The van der Waals surface area contributed by atoms with E-state index in [1.165, 1.54) is 0 Å². The Morgan fingerprint density at radius 3 is 2.16 bits per heavy atom. The molecular formula is C13H22N2O3S. The van der Waals surface area contributed by atoms with Crippen molar-refractivity contribution in [3.63, 3.8) is 0 Å². The van der Waals surface area contributed by atoms with Crippen molar-refractivity contribution < 1.29 is 13.5 Å². The van der Waals surface area contributed by atoms with Gasteiger partial charge in [-0.2, -0.15) is 4.98 Å². The van der Waals surface area contributed by atoms with Gasteiger partial charge in [-0.15, -0.1) is 0 Å². The van der Waals surface area contributed by atoms with Crippen molar-refractivity contribution in [1.29, 1.82) is 0 Å². The van der Waals surface area contributed by atoms with Crippen LogP contribution >= 0.6 is 0 Å². The fourth-order valence-electron chi connectivity index (χ4n) is 1.69. The minimum atomic E-state index is -3.28. The summed E-state index contributed by atoms with van der Waals surface area (Å²) >= 11 is 0. The van der Waals surface area contributed by atoms with Crippen LogP contribution < -0.4 is 0 Å². The maximum Gasteiger partial charge on any atom is 0.217 e. The van der Waals surface area contributed by atoms with E-state index in [2.05, 4.69) is 9.97 Å². The normalized spacial score (nSPS) is 13.0. The number of sulfone groups is 1. The Morgan fingerprint density at radius 2 is 1.74 bits per heavy atom. The first-order valence-electron chi connectivity index (χ1n) is 6.23. The molecule has 0 atom stereocenters. The summed E-state index contributed by atoms with van der Waals surface area (Å²) in [5, 5.41) is 9.35. The van der Waals surface area contributed by atoms with E-state index in [-0.39, 0.29) is 22.9 Å². The lowest BCUT2D eigenvalue weighted by Crippen LogP contribution is -2.21. The highest BCUT2D eigenvalue weighted by molar-refractivity contribution is 7.91. The Kier molecular flexibility index (Phi) is 4.24. The lowest BCUT2D eigenvalue weighted by Gasteiger charge is -2.21. The molecule has 0 aromatic carbocycles. The third kappa shape index (κ3) is 3.65. The van der Waals surface area contributed by atoms with Gasteiger partial charge >= 0.3 is 0 Å². The van der Waals surface area contributed by atoms with E-state index in [1.807, 2.05) is 20.8 Å². The van der Waals surface area contributed by atoms with E-state index >= 15 is 0 Å². The van der Waals surface area contributed by atoms with Crippen LogP contribution in [0.1, 0.15) is 51.7 Å². The van der Waals surface area contributed by atoms with Crippen molar-refractivity contribution in [1.82, 2.24) is 9.97 Å². The van der Waals surface area contributed by atoms with Crippen molar-refractivity contribution in [2.24, 2.45) is 0 Å². The van der Waals surface area contributed by atoms with Gasteiger partial charge in [0, 0.05) is 11.0 Å². The average Bonchev–Trinajstić information content (AvgIpc) is 2.20. The van der Waals surface area contributed by atoms with Crippen LogP contribution in [-0.2, 0) is 21.0 Å². The van der Waals surface area contributed by atoms with E-state index in [0.29, 0.717) is 11.3 Å². The number of rotatable bonds is 3. The second kappa shape index (κ2) is 5.07. The lowest BCUT2D eigenvalue weighted by atomic mass is 9.89. The number of hydrogen-bond donors (Lipinski definition) is 1. The molecular weight excluding hydrogens is 264 g/mol. The molecule has 0 bridgehead atoms. The first kappa shape index (κ1) is 15.9. The highest BCUT2D eigenvalue weighted by Gasteiger charge is 2.25. The minimum absolute atomic E-state index is 0.145. The molecule has 0 amide bonds. The van der Waals surface area contributed by atoms with Crippen LogP contribution in [0.2, 0.25) is 0 Å². The Bertz CT molecular complexity index is 572. The maximum atomic E-state index is 11.9. The molecule has 1 aromatic heterocycles. The Balaban J connectivity index is 3.30. The standard InChI is InChI=1S/C13H22N2O3S/c1-8(2)19(17,18)7-10-14-11(13(4,5)6)9(3)12(16)15-10/h8H,7H2,1-6H3,(H,14,15,16). The molecule has 108 valence electrons. The molecule has 0 saturated heterocycles. The van der Waals surface area contributed by atoms with E-state index in [9.17, 15) is 13.5 Å². The van der Waals surface area contributed by atoms with Gasteiger partial charge in [-0.1, -0.05) is 20.8 Å². The van der Waals surface area contributed by atoms with Gasteiger partial charge in [0.05, 0.1) is 10.9 Å². The molecule has 0 aliphatic rings. The summed E-state index contributed by atoms with van der Waals surface area (Å²) in [5.74, 6) is -0.239. The fraction of sp³-hybridized carbons (Fsp3) is 0.692. The van der Waals surface area contributed by atoms with Crippen LogP contribution in [0.15, 0.2) is 0 Å². The number of hydrogen-bond acceptors (Lipinski definition) is 5. The molecule has 0 fully saturated rings. The molecule has 6 heteroatoms. The van der Waals surface area contributed by atoms with E-state index < -0.39 is 15.1 Å². The molecule has 5 nitrogen and oxygen atoms in total. The second-order valence-electron chi connectivity index (χ2n) is 6.04. The summed E-state index contributed by atoms with van der Waals surface area (Å²) in [6.07, 6.45) is 0. The summed E-state index contributed by atoms with van der Waals surface area (Å²) < 4.78 is 23.8. The van der Waals surface area contributed by atoms with Crippen molar-refractivity contribution >= 4 is 9.84 Å². The molecule has 1 N–H and O–H groups in total. The molecule has 0 unspecified atom stereocenters. The summed E-state index contributed by atoms with van der Waals surface area (Å²) in [6.45, 7) is 10.9. The first-order chi connectivity index (χ1) is 8.45. The SMILES string of the molecule is Cc1c(O)nc(CS(=O)(=O)C(C)C)nc1C(C)(C)C. The summed E-state index contributed by atoms with van der Waals surface area (Å²) in [6, 6.07) is 0. The highest BCUT2D eigenvalue weighted by Crippen LogP contribution is 2.28. The number of aromatic nitrogens is 2. The summed E-state index contributed by atoms with van der Waals surface area (Å²) in [5.41, 5.74) is 0.994. The van der Waals surface area contributed by atoms with E-state index in [0.717, 1.165) is 0 Å². The number of nitrogens with zero attached hydrogens (tertiary/aromatic N) is 2. The van der Waals surface area contributed by atoms with Crippen LogP contribution in [0.4, 0.5) is 0 Å². The maximum absolute atomic E-state index is 11.9. The molecule has 1 rings (SSSR count). The van der Waals surface area contributed by atoms with Crippen LogP contribution in [0.25, 0.3) is 0 Å². The zero-order valence-electron chi connectivity index (χ0n) is 12.4. The zero-order valence-corrected chi connectivity index (χ0v) is 13.2. The Hall–Kier alpha value is -1.17. The number of aromatic hydroxyl groups is 1. The third-order valence-corrected chi connectivity index (χ3v) is 5.02. The average molecular weight is 286 g/mol. The molecule has 1 aromatic rings.